The van der Waals surface area contributed by atoms with Gasteiger partial charge in [-0.3, -0.25) is 5.32 Å². The van der Waals surface area contributed by atoms with E-state index in [0.29, 0.717) is 40.8 Å². The number of amidine groups is 3. The van der Waals surface area contributed by atoms with E-state index in [1.165, 1.54) is 0 Å². The van der Waals surface area contributed by atoms with Gasteiger partial charge in [0.1, 0.15) is 30.2 Å². The Morgan fingerprint density at radius 2 is 0.516 bits per heavy atom. The summed E-state index contributed by atoms with van der Waals surface area (Å²) < 4.78 is 0. The molecule has 12 heteroatoms. The molecule has 21 rings (SSSR count). The third kappa shape index (κ3) is 15.4. The number of nitrogens with zero attached hydrogens (tertiary/aromatic N) is 9. The molecule has 0 spiro atoms. The van der Waals surface area contributed by atoms with Crippen LogP contribution in [0.25, 0.3) is 157 Å². The molecule has 0 bridgehead atoms. The van der Waals surface area contributed by atoms with Crippen molar-refractivity contribution in [2.75, 3.05) is 0 Å². The van der Waals surface area contributed by atoms with Crippen LogP contribution in [0.3, 0.4) is 0 Å². The number of aliphatic imine (C=N–C) groups is 3. The van der Waals surface area contributed by atoms with Gasteiger partial charge in [0.25, 0.3) is 0 Å². The van der Waals surface area contributed by atoms with Crippen molar-refractivity contribution in [2.24, 2.45) is 15.0 Å². The van der Waals surface area contributed by atoms with E-state index in [1.54, 1.807) is 0 Å². The van der Waals surface area contributed by atoms with E-state index in [1.807, 2.05) is 84.9 Å². The van der Waals surface area contributed by atoms with E-state index >= 15 is 0 Å². The summed E-state index contributed by atoms with van der Waals surface area (Å²) in [6, 6.07) is 152. The summed E-state index contributed by atoms with van der Waals surface area (Å²) in [4.78, 5) is 48.4. The second-order valence-electron chi connectivity index (χ2n) is 30.8. The first-order valence-corrected chi connectivity index (χ1v) is 41.7. The average molecular weight is 1590 g/mol. The van der Waals surface area contributed by atoms with E-state index in [2.05, 4.69) is 368 Å². The van der Waals surface area contributed by atoms with Crippen molar-refractivity contribution in [3.63, 3.8) is 0 Å². The molecule has 19 aromatic rings. The van der Waals surface area contributed by atoms with Crippen molar-refractivity contribution in [1.29, 1.82) is 0 Å². The van der Waals surface area contributed by atoms with Gasteiger partial charge >= 0.3 is 0 Å². The Labute approximate surface area is 719 Å². The van der Waals surface area contributed by atoms with Gasteiger partial charge in [-0.25, -0.2) is 44.9 Å². The first-order chi connectivity index (χ1) is 61.4. The van der Waals surface area contributed by atoms with Gasteiger partial charge in [0.2, 0.25) is 0 Å². The molecule has 0 radical (unpaired) electrons. The molecular weight excluding hydrogens is 1510 g/mol. The van der Waals surface area contributed by atoms with Crippen LogP contribution in [-0.2, 0) is 0 Å². The highest BCUT2D eigenvalue weighted by molar-refractivity contribution is 6.15. The highest BCUT2D eigenvalue weighted by Gasteiger charge is 2.30. The van der Waals surface area contributed by atoms with Crippen LogP contribution >= 0.6 is 0 Å². The van der Waals surface area contributed by atoms with Crippen molar-refractivity contribution < 1.29 is 0 Å². The Morgan fingerprint density at radius 3 is 1.06 bits per heavy atom. The highest BCUT2D eigenvalue weighted by Crippen LogP contribution is 2.45. The lowest BCUT2D eigenvalue weighted by Crippen LogP contribution is -2.45. The van der Waals surface area contributed by atoms with Crippen LogP contribution in [0.1, 0.15) is 51.9 Å². The predicted octanol–water partition coefficient (Wildman–Crippen LogP) is 25.7. The standard InChI is InChI=1S/C112H78N12/c1-8-35-74(36-9-1)99-71-85(90-55-25-29-59-96(90)109-117-101(75-37-10-2-11-38-75)113-102(118-109)76-39-12-3-13-40-76)64-66-92(99)83-51-33-53-88(70-83)107-115-105(79-45-18-6-19-46-79)121-111(123-107)95-58-28-24-54-89(95)82-50-32-52-87(69-82)108-116-106(80-47-20-7-21-48-80)122-112(124-108)98-61-31-27-57-93(98)94-67-65-86(72-100(94)84-63-62-73-34-22-23-49-81(73)68-84)91-56-26-30-60-97(91)110-119-103(77-41-14-4-15-42-77)114-104(120-110)78-43-16-5-17-44-78/h1-72,101-103,113H,(H,117,118)(H,114,119,120). The number of hydrogen-bond acceptors (Lipinski definition) is 12. The SMILES string of the molecule is c1ccc(C2=NC(c3ccccc3)NC(c3ccccc3-c3ccc(-c4ccccc4-c4nc(-c5ccccc5)nc(-c5cccc(-c6ccccc6-c6nc(-c7ccccc7)nc(-c7cccc(-c8ccc(-c9ccccc9C9=NC(c%10ccccc%10)NC(c%10ccccc%10)N9)cc8-c8ccccc8)c7)n6)c5)n4)c(-c4ccc5ccccc5c4)c3)=N2)cc1. The summed E-state index contributed by atoms with van der Waals surface area (Å²) in [5, 5.41) is 13.6. The van der Waals surface area contributed by atoms with Gasteiger partial charge in [-0.1, -0.05) is 406 Å². The summed E-state index contributed by atoms with van der Waals surface area (Å²) in [6.07, 6.45) is -0.840. The Morgan fingerprint density at radius 1 is 0.177 bits per heavy atom. The lowest BCUT2D eigenvalue weighted by atomic mass is 9.87. The van der Waals surface area contributed by atoms with Crippen LogP contribution in [0.2, 0.25) is 0 Å². The third-order valence-corrected chi connectivity index (χ3v) is 23.0. The van der Waals surface area contributed by atoms with Crippen LogP contribution in [0.4, 0.5) is 0 Å². The summed E-state index contributed by atoms with van der Waals surface area (Å²) in [6.45, 7) is 0. The molecular formula is C112H78N12. The van der Waals surface area contributed by atoms with Crippen LogP contribution in [0.5, 0.6) is 0 Å². The second-order valence-corrected chi connectivity index (χ2v) is 30.8. The molecule has 3 unspecified atom stereocenters. The zero-order valence-electron chi connectivity index (χ0n) is 67.3. The summed E-state index contributed by atoms with van der Waals surface area (Å²) in [7, 11) is 0. The zero-order chi connectivity index (χ0) is 82.5. The number of hydrogen-bond donors (Lipinski definition) is 3. The van der Waals surface area contributed by atoms with Gasteiger partial charge in [-0.05, 0) is 136 Å². The smallest absolute Gasteiger partial charge is 0.164 e. The monoisotopic (exact) mass is 1590 g/mol. The zero-order valence-corrected chi connectivity index (χ0v) is 67.3. The third-order valence-electron chi connectivity index (χ3n) is 23.0. The number of rotatable bonds is 19. The minimum Gasteiger partial charge on any atom is -0.350 e. The number of fused-ring (bicyclic) bond motifs is 1. The van der Waals surface area contributed by atoms with E-state index in [4.69, 9.17) is 44.9 Å². The molecule has 12 nitrogen and oxygen atoms in total. The number of benzene rings is 17. The van der Waals surface area contributed by atoms with Gasteiger partial charge < -0.3 is 10.6 Å². The van der Waals surface area contributed by atoms with Crippen LogP contribution < -0.4 is 16.0 Å². The molecule has 17 aromatic carbocycles. The van der Waals surface area contributed by atoms with Crippen molar-refractivity contribution in [3.8, 4) is 146 Å². The topological polar surface area (TPSA) is 151 Å². The fourth-order valence-electron chi connectivity index (χ4n) is 16.9. The Hall–Kier alpha value is -16.4. The Bertz CT molecular complexity index is 7270. The predicted molar refractivity (Wildman–Crippen MR) is 504 cm³/mol. The van der Waals surface area contributed by atoms with Crippen molar-refractivity contribution in [3.05, 3.63) is 470 Å². The molecule has 4 heterocycles. The summed E-state index contributed by atoms with van der Waals surface area (Å²) in [5.41, 5.74) is 25.4. The fourth-order valence-corrected chi connectivity index (χ4v) is 16.9. The normalized spacial score (nSPS) is 14.3. The van der Waals surface area contributed by atoms with E-state index in [9.17, 15) is 0 Å². The minimum absolute atomic E-state index is 0.189. The Balaban J connectivity index is 0.645. The lowest BCUT2D eigenvalue weighted by Gasteiger charge is -2.32. The van der Waals surface area contributed by atoms with Gasteiger partial charge in [-0.15, -0.1) is 0 Å². The maximum Gasteiger partial charge on any atom is 0.164 e. The first-order valence-electron chi connectivity index (χ1n) is 41.7. The van der Waals surface area contributed by atoms with Gasteiger partial charge in [-0.2, -0.15) is 0 Å². The van der Waals surface area contributed by atoms with Crippen LogP contribution in [0, 0.1) is 0 Å². The van der Waals surface area contributed by atoms with Crippen molar-refractivity contribution in [1.82, 2.24) is 45.9 Å². The van der Waals surface area contributed by atoms with E-state index < -0.39 is 0 Å². The molecule has 124 heavy (non-hydrogen) atoms. The molecule has 0 saturated carbocycles. The molecule has 0 aliphatic carbocycles. The van der Waals surface area contributed by atoms with Crippen molar-refractivity contribution in [2.45, 2.75) is 18.5 Å². The van der Waals surface area contributed by atoms with Crippen LogP contribution in [-0.4, -0.2) is 47.4 Å². The lowest BCUT2D eigenvalue weighted by molar-refractivity contribution is 0.409. The molecule has 3 atom stereocenters. The van der Waals surface area contributed by atoms with Gasteiger partial charge in [0.15, 0.2) is 40.8 Å². The van der Waals surface area contributed by atoms with Gasteiger partial charge in [0.05, 0.1) is 0 Å². The number of nitrogens with one attached hydrogen (secondary N) is 3. The summed E-state index contributed by atoms with van der Waals surface area (Å²) >= 11 is 0. The molecule has 2 aromatic heterocycles. The average Bonchev–Trinajstić information content (AvgIpc) is 0.776. The van der Waals surface area contributed by atoms with Crippen LogP contribution in [0.15, 0.2) is 452 Å². The summed E-state index contributed by atoms with van der Waals surface area (Å²) in [5.74, 6) is 5.38. The van der Waals surface area contributed by atoms with Gasteiger partial charge in [0, 0.05) is 50.1 Å². The molecule has 3 N–H and O–H groups in total. The van der Waals surface area contributed by atoms with Crippen molar-refractivity contribution >= 4 is 28.3 Å². The second kappa shape index (κ2) is 33.8. The first kappa shape index (κ1) is 75.1. The Kier molecular flexibility index (Phi) is 20.4. The number of aromatic nitrogens is 6. The molecule has 0 amide bonds. The van der Waals surface area contributed by atoms with E-state index in [-0.39, 0.29) is 18.5 Å². The quantitative estimate of drug-likeness (QED) is 0.0719. The fraction of sp³-hybridized carbons (Fsp3) is 0.0268. The highest BCUT2D eigenvalue weighted by atomic mass is 15.3. The molecule has 2 aliphatic rings. The largest absolute Gasteiger partial charge is 0.350 e. The maximum absolute atomic E-state index is 5.54. The van der Waals surface area contributed by atoms with E-state index in [0.717, 1.165) is 167 Å². The molecule has 2 aliphatic heterocycles. The molecule has 586 valence electrons. The minimum atomic E-state index is -0.368. The maximum atomic E-state index is 5.54. The molecule has 0 fully saturated rings. The molecule has 0 saturated heterocycles.